The molecule has 0 saturated carbocycles. The Bertz CT molecular complexity index is 515. The van der Waals surface area contributed by atoms with Gasteiger partial charge in [0.05, 0.1) is 3.92 Å². The summed E-state index contributed by atoms with van der Waals surface area (Å²) in [7, 11) is 0. The molecular formula is C17H17IS. The van der Waals surface area contributed by atoms with Gasteiger partial charge in [-0.25, -0.2) is 0 Å². The van der Waals surface area contributed by atoms with Crippen molar-refractivity contribution in [2.75, 3.05) is 5.75 Å². The van der Waals surface area contributed by atoms with Crippen LogP contribution in [0.5, 0.6) is 0 Å². The van der Waals surface area contributed by atoms with Crippen LogP contribution < -0.4 is 0 Å². The van der Waals surface area contributed by atoms with E-state index in [9.17, 15) is 0 Å². The Labute approximate surface area is 133 Å². The van der Waals surface area contributed by atoms with E-state index in [-0.39, 0.29) is 0 Å². The molecule has 1 heterocycles. The minimum Gasteiger partial charge on any atom is -0.126 e. The number of hydrogen-bond donors (Lipinski definition) is 0. The topological polar surface area (TPSA) is 0 Å². The summed E-state index contributed by atoms with van der Waals surface area (Å²) in [6.07, 6.45) is 3.81. The number of fused-ring (bicyclic) bond motifs is 4. The molecule has 0 radical (unpaired) electrons. The molecule has 3 rings (SSSR count). The van der Waals surface area contributed by atoms with Gasteiger partial charge in [0.25, 0.3) is 0 Å². The van der Waals surface area contributed by atoms with Crippen molar-refractivity contribution >= 4 is 34.4 Å². The average Bonchev–Trinajstić information content (AvgIpc) is 2.46. The predicted molar refractivity (Wildman–Crippen MR) is 92.4 cm³/mol. The summed E-state index contributed by atoms with van der Waals surface area (Å²) in [5.74, 6) is 1.23. The quantitative estimate of drug-likeness (QED) is 0.421. The second-order valence-corrected chi connectivity index (χ2v) is 7.40. The van der Waals surface area contributed by atoms with Crippen LogP contribution in [0.3, 0.4) is 0 Å². The van der Waals surface area contributed by atoms with Crippen molar-refractivity contribution in [1.29, 1.82) is 0 Å². The Morgan fingerprint density at radius 3 is 2.63 bits per heavy atom. The van der Waals surface area contributed by atoms with Gasteiger partial charge in [0.1, 0.15) is 0 Å². The van der Waals surface area contributed by atoms with Crippen LogP contribution >= 0.6 is 34.4 Å². The van der Waals surface area contributed by atoms with Crippen LogP contribution in [0.4, 0.5) is 0 Å². The summed E-state index contributed by atoms with van der Waals surface area (Å²) in [4.78, 5) is 1.41. The van der Waals surface area contributed by atoms with Gasteiger partial charge in [-0.1, -0.05) is 59.0 Å². The lowest BCUT2D eigenvalue weighted by atomic mass is 10.0. The van der Waals surface area contributed by atoms with E-state index in [1.54, 1.807) is 0 Å². The molecule has 1 aliphatic rings. The van der Waals surface area contributed by atoms with Crippen molar-refractivity contribution in [1.82, 2.24) is 0 Å². The van der Waals surface area contributed by atoms with Gasteiger partial charge in [-0.15, -0.1) is 11.8 Å². The van der Waals surface area contributed by atoms with E-state index in [2.05, 4.69) is 71.1 Å². The molecule has 2 heteroatoms. The van der Waals surface area contributed by atoms with Crippen LogP contribution in [0.1, 0.15) is 33.5 Å². The molecule has 1 atom stereocenters. The van der Waals surface area contributed by atoms with Crippen molar-refractivity contribution in [2.24, 2.45) is 0 Å². The molecule has 98 valence electrons. The predicted octanol–water partition coefficient (Wildman–Crippen LogP) is 5.64. The van der Waals surface area contributed by atoms with Crippen LogP contribution in [0.2, 0.25) is 0 Å². The number of aryl methyl sites for hydroxylation is 1. The Hall–Kier alpha value is -0.480. The molecule has 0 amide bonds. The summed E-state index contributed by atoms with van der Waals surface area (Å²) in [5.41, 5.74) is 4.34. The SMILES string of the molecule is IC1c2cccc(c2)CCCCSc2cccc1c2. The lowest BCUT2D eigenvalue weighted by Crippen LogP contribution is -1.96. The van der Waals surface area contributed by atoms with E-state index in [1.165, 1.54) is 46.6 Å². The highest BCUT2D eigenvalue weighted by atomic mass is 127. The second-order valence-electron chi connectivity index (χ2n) is 4.99. The van der Waals surface area contributed by atoms with Crippen LogP contribution in [0.15, 0.2) is 53.4 Å². The Morgan fingerprint density at radius 2 is 1.74 bits per heavy atom. The zero-order valence-electron chi connectivity index (χ0n) is 10.8. The van der Waals surface area contributed by atoms with Gasteiger partial charge in [-0.05, 0) is 53.8 Å². The maximum atomic E-state index is 2.56. The van der Waals surface area contributed by atoms with Crippen molar-refractivity contribution in [3.63, 3.8) is 0 Å². The van der Waals surface area contributed by atoms with Gasteiger partial charge in [0.2, 0.25) is 0 Å². The second kappa shape index (κ2) is 6.31. The minimum atomic E-state index is 0.456. The van der Waals surface area contributed by atoms with Gasteiger partial charge in [-0.3, -0.25) is 0 Å². The fourth-order valence-electron chi connectivity index (χ4n) is 2.48. The molecule has 2 aromatic rings. The van der Waals surface area contributed by atoms with Crippen molar-refractivity contribution < 1.29 is 0 Å². The van der Waals surface area contributed by atoms with Crippen LogP contribution in [-0.4, -0.2) is 5.75 Å². The van der Waals surface area contributed by atoms with Crippen LogP contribution in [-0.2, 0) is 6.42 Å². The molecule has 1 aliphatic heterocycles. The molecule has 0 nitrogen and oxygen atoms in total. The summed E-state index contributed by atoms with van der Waals surface area (Å²) in [5, 5.41) is 0. The number of benzene rings is 2. The van der Waals surface area contributed by atoms with Crippen molar-refractivity contribution in [3.8, 4) is 0 Å². The smallest absolute Gasteiger partial charge is 0.0609 e. The van der Waals surface area contributed by atoms with Crippen molar-refractivity contribution in [3.05, 3.63) is 65.2 Å². The van der Waals surface area contributed by atoms with E-state index in [0.29, 0.717) is 3.92 Å². The van der Waals surface area contributed by atoms with E-state index in [1.807, 2.05) is 11.8 Å². The third-order valence-corrected chi connectivity index (χ3v) is 6.04. The molecule has 19 heavy (non-hydrogen) atoms. The molecule has 0 fully saturated rings. The Kier molecular flexibility index (Phi) is 4.49. The van der Waals surface area contributed by atoms with Gasteiger partial charge in [0.15, 0.2) is 0 Å². The first kappa shape index (κ1) is 13.5. The number of halogens is 1. The monoisotopic (exact) mass is 380 g/mol. The molecule has 0 spiro atoms. The zero-order chi connectivity index (χ0) is 13.1. The van der Waals surface area contributed by atoms with Crippen LogP contribution in [0.25, 0.3) is 0 Å². The third-order valence-electron chi connectivity index (χ3n) is 3.52. The normalized spacial score (nSPS) is 19.3. The zero-order valence-corrected chi connectivity index (χ0v) is 13.8. The maximum absolute atomic E-state index is 2.56. The summed E-state index contributed by atoms with van der Waals surface area (Å²) in [6, 6.07) is 18.2. The molecule has 0 N–H and O–H groups in total. The molecule has 0 saturated heterocycles. The van der Waals surface area contributed by atoms with Gasteiger partial charge in [-0.2, -0.15) is 0 Å². The molecule has 4 bridgehead atoms. The summed E-state index contributed by atoms with van der Waals surface area (Å²) >= 11 is 4.55. The minimum absolute atomic E-state index is 0.456. The molecule has 1 unspecified atom stereocenters. The van der Waals surface area contributed by atoms with E-state index < -0.39 is 0 Å². The first-order valence-corrected chi connectivity index (χ1v) is 9.02. The lowest BCUT2D eigenvalue weighted by Gasteiger charge is -2.15. The molecule has 0 aliphatic carbocycles. The van der Waals surface area contributed by atoms with Crippen LogP contribution in [0, 0.1) is 0 Å². The summed E-state index contributed by atoms with van der Waals surface area (Å²) < 4.78 is 0.456. The van der Waals surface area contributed by atoms with E-state index in [4.69, 9.17) is 0 Å². The first-order chi connectivity index (χ1) is 9.33. The van der Waals surface area contributed by atoms with Crippen molar-refractivity contribution in [2.45, 2.75) is 28.1 Å². The van der Waals surface area contributed by atoms with E-state index in [0.717, 1.165) is 0 Å². The highest BCUT2D eigenvalue weighted by Crippen LogP contribution is 2.34. The number of hydrogen-bond acceptors (Lipinski definition) is 1. The number of alkyl halides is 1. The number of thioether (sulfide) groups is 1. The standard InChI is InChI=1S/C17H17IS/c18-17-14-7-3-6-13(11-14)5-1-2-10-19-16-9-4-8-15(17)12-16/h3-4,6-9,11-12,17H,1-2,5,10H2. The fraction of sp³-hybridized carbons (Fsp3) is 0.294. The molecule has 0 aromatic heterocycles. The maximum Gasteiger partial charge on any atom is 0.0609 e. The highest BCUT2D eigenvalue weighted by Gasteiger charge is 2.12. The Balaban J connectivity index is 2.01. The Morgan fingerprint density at radius 1 is 0.947 bits per heavy atom. The molecular weight excluding hydrogens is 363 g/mol. The first-order valence-electron chi connectivity index (χ1n) is 6.78. The highest BCUT2D eigenvalue weighted by molar-refractivity contribution is 14.1. The van der Waals surface area contributed by atoms with Gasteiger partial charge in [0, 0.05) is 4.90 Å². The third kappa shape index (κ3) is 3.34. The fourth-order valence-corrected chi connectivity index (χ4v) is 4.24. The van der Waals surface area contributed by atoms with Gasteiger partial charge < -0.3 is 0 Å². The molecule has 2 aromatic carbocycles. The number of rotatable bonds is 0. The summed E-state index contributed by atoms with van der Waals surface area (Å²) in [6.45, 7) is 0. The van der Waals surface area contributed by atoms with Gasteiger partial charge >= 0.3 is 0 Å². The lowest BCUT2D eigenvalue weighted by molar-refractivity contribution is 0.801. The average molecular weight is 380 g/mol. The largest absolute Gasteiger partial charge is 0.126 e. The van der Waals surface area contributed by atoms with E-state index >= 15 is 0 Å².